The summed E-state index contributed by atoms with van der Waals surface area (Å²) in [4.78, 5) is 0. The van der Waals surface area contributed by atoms with E-state index < -0.39 is 5.82 Å². The maximum Gasteiger partial charge on any atom is 0.141 e. The summed E-state index contributed by atoms with van der Waals surface area (Å²) in [7, 11) is 1.93. The quantitative estimate of drug-likeness (QED) is 0.801. The van der Waals surface area contributed by atoms with Crippen molar-refractivity contribution in [3.05, 3.63) is 62.8 Å². The molecule has 3 rings (SSSR count). The Morgan fingerprint density at radius 1 is 1.29 bits per heavy atom. The van der Waals surface area contributed by atoms with Crippen LogP contribution in [0.4, 0.5) is 4.39 Å². The summed E-state index contributed by atoms with van der Waals surface area (Å²) >= 11 is 9.33. The second-order valence-corrected chi connectivity index (χ2v) is 6.36. The van der Waals surface area contributed by atoms with Crippen LogP contribution in [-0.2, 0) is 0 Å². The van der Waals surface area contributed by atoms with Gasteiger partial charge in [-0.25, -0.2) is 4.39 Å². The van der Waals surface area contributed by atoms with Gasteiger partial charge in [0.2, 0.25) is 0 Å². The Bertz CT molecular complexity index is 679. The predicted octanol–water partition coefficient (Wildman–Crippen LogP) is 5.03. The van der Waals surface area contributed by atoms with E-state index in [1.165, 1.54) is 6.07 Å². The van der Waals surface area contributed by atoms with Crippen molar-refractivity contribution in [2.75, 3.05) is 7.05 Å². The van der Waals surface area contributed by atoms with E-state index in [0.29, 0.717) is 0 Å². The first-order valence-electron chi connectivity index (χ1n) is 6.67. The Morgan fingerprint density at radius 3 is 2.81 bits per heavy atom. The van der Waals surface area contributed by atoms with E-state index in [-0.39, 0.29) is 17.2 Å². The summed E-state index contributed by atoms with van der Waals surface area (Å²) < 4.78 is 20.4. The molecule has 2 unspecified atom stereocenters. The lowest BCUT2D eigenvalue weighted by molar-refractivity contribution is 0.153. The van der Waals surface area contributed by atoms with Gasteiger partial charge in [0.05, 0.1) is 5.02 Å². The molecule has 2 aromatic rings. The van der Waals surface area contributed by atoms with Crippen LogP contribution < -0.4 is 10.1 Å². The number of benzene rings is 2. The van der Waals surface area contributed by atoms with Crippen molar-refractivity contribution in [3.8, 4) is 5.75 Å². The molecule has 110 valence electrons. The van der Waals surface area contributed by atoms with Gasteiger partial charge in [-0.3, -0.25) is 0 Å². The number of hydrogen-bond donors (Lipinski definition) is 1. The SMILES string of the molecule is CNC1CC(c2ccc(F)c(Cl)c2)Oc2cc(Br)ccc21. The first-order valence-corrected chi connectivity index (χ1v) is 7.84. The first kappa shape index (κ1) is 14.8. The Morgan fingerprint density at radius 2 is 2.10 bits per heavy atom. The third kappa shape index (κ3) is 2.93. The first-order chi connectivity index (χ1) is 10.1. The van der Waals surface area contributed by atoms with E-state index >= 15 is 0 Å². The zero-order valence-corrected chi connectivity index (χ0v) is 13.7. The van der Waals surface area contributed by atoms with Crippen LogP contribution in [-0.4, -0.2) is 7.05 Å². The van der Waals surface area contributed by atoms with Gasteiger partial charge >= 0.3 is 0 Å². The molecule has 1 aliphatic rings. The van der Waals surface area contributed by atoms with E-state index in [4.69, 9.17) is 16.3 Å². The molecule has 2 atom stereocenters. The largest absolute Gasteiger partial charge is 0.485 e. The van der Waals surface area contributed by atoms with Crippen molar-refractivity contribution < 1.29 is 9.13 Å². The fourth-order valence-corrected chi connectivity index (χ4v) is 3.16. The molecule has 0 fully saturated rings. The molecular formula is C16H14BrClFNO. The molecule has 0 spiro atoms. The van der Waals surface area contributed by atoms with Gasteiger partial charge in [0.15, 0.2) is 0 Å². The smallest absolute Gasteiger partial charge is 0.141 e. The van der Waals surface area contributed by atoms with Crippen molar-refractivity contribution >= 4 is 27.5 Å². The number of fused-ring (bicyclic) bond motifs is 1. The van der Waals surface area contributed by atoms with E-state index in [2.05, 4.69) is 27.3 Å². The van der Waals surface area contributed by atoms with Gasteiger partial charge in [-0.1, -0.05) is 39.7 Å². The van der Waals surface area contributed by atoms with E-state index in [9.17, 15) is 4.39 Å². The van der Waals surface area contributed by atoms with E-state index in [1.807, 2.05) is 19.2 Å². The van der Waals surface area contributed by atoms with Gasteiger partial charge in [-0.15, -0.1) is 0 Å². The van der Waals surface area contributed by atoms with Gasteiger partial charge in [0.25, 0.3) is 0 Å². The normalized spacial score (nSPS) is 20.8. The van der Waals surface area contributed by atoms with Crippen LogP contribution in [0.15, 0.2) is 40.9 Å². The molecule has 0 saturated heterocycles. The molecule has 1 aliphatic heterocycles. The molecule has 1 heterocycles. The second kappa shape index (κ2) is 5.95. The number of halogens is 3. The summed E-state index contributed by atoms with van der Waals surface area (Å²) in [6.07, 6.45) is 0.620. The Kier molecular flexibility index (Phi) is 4.20. The minimum Gasteiger partial charge on any atom is -0.485 e. The molecular weight excluding hydrogens is 357 g/mol. The molecule has 0 bridgehead atoms. The molecule has 0 aliphatic carbocycles. The molecule has 0 saturated carbocycles. The maximum absolute atomic E-state index is 13.3. The number of nitrogens with one attached hydrogen (secondary N) is 1. The van der Waals surface area contributed by atoms with Gasteiger partial charge < -0.3 is 10.1 Å². The molecule has 21 heavy (non-hydrogen) atoms. The Balaban J connectivity index is 1.97. The van der Waals surface area contributed by atoms with Gasteiger partial charge in [0, 0.05) is 22.5 Å². The molecule has 5 heteroatoms. The van der Waals surface area contributed by atoms with Gasteiger partial charge in [0.1, 0.15) is 17.7 Å². The zero-order chi connectivity index (χ0) is 15.0. The van der Waals surface area contributed by atoms with Crippen LogP contribution >= 0.6 is 27.5 Å². The lowest BCUT2D eigenvalue weighted by Crippen LogP contribution is -2.26. The monoisotopic (exact) mass is 369 g/mol. The second-order valence-electron chi connectivity index (χ2n) is 5.04. The fraction of sp³-hybridized carbons (Fsp3) is 0.250. The highest BCUT2D eigenvalue weighted by Crippen LogP contribution is 2.42. The van der Waals surface area contributed by atoms with Crippen molar-refractivity contribution in [1.29, 1.82) is 0 Å². The van der Waals surface area contributed by atoms with Crippen LogP contribution in [0.2, 0.25) is 5.02 Å². The van der Waals surface area contributed by atoms with Crippen LogP contribution in [0.5, 0.6) is 5.75 Å². The summed E-state index contributed by atoms with van der Waals surface area (Å²) in [5, 5.41) is 3.43. The summed E-state index contributed by atoms with van der Waals surface area (Å²) in [6.45, 7) is 0. The van der Waals surface area contributed by atoms with Gasteiger partial charge in [-0.05, 0) is 36.9 Å². The molecule has 1 N–H and O–H groups in total. The Hall–Kier alpha value is -1.10. The average molecular weight is 371 g/mol. The predicted molar refractivity (Wildman–Crippen MR) is 85.3 cm³/mol. The van der Waals surface area contributed by atoms with Crippen LogP contribution in [0.1, 0.15) is 29.7 Å². The van der Waals surface area contributed by atoms with Gasteiger partial charge in [-0.2, -0.15) is 0 Å². The lowest BCUT2D eigenvalue weighted by Gasteiger charge is -2.32. The highest BCUT2D eigenvalue weighted by atomic mass is 79.9. The number of hydrogen-bond acceptors (Lipinski definition) is 2. The highest BCUT2D eigenvalue weighted by molar-refractivity contribution is 9.10. The molecule has 0 aromatic heterocycles. The van der Waals surface area contributed by atoms with Crippen LogP contribution in [0, 0.1) is 5.82 Å². The Labute approximate surface area is 136 Å². The lowest BCUT2D eigenvalue weighted by atomic mass is 9.93. The molecule has 2 nitrogen and oxygen atoms in total. The minimum atomic E-state index is -0.412. The van der Waals surface area contributed by atoms with Crippen molar-refractivity contribution in [2.45, 2.75) is 18.6 Å². The van der Waals surface area contributed by atoms with Crippen LogP contribution in [0.25, 0.3) is 0 Å². The highest BCUT2D eigenvalue weighted by Gasteiger charge is 2.28. The summed E-state index contributed by atoms with van der Waals surface area (Å²) in [6, 6.07) is 10.9. The van der Waals surface area contributed by atoms with Crippen molar-refractivity contribution in [2.24, 2.45) is 0 Å². The van der Waals surface area contributed by atoms with Crippen molar-refractivity contribution in [3.63, 3.8) is 0 Å². The average Bonchev–Trinajstić information content (AvgIpc) is 2.48. The third-order valence-corrected chi connectivity index (χ3v) is 4.52. The maximum atomic E-state index is 13.3. The third-order valence-electron chi connectivity index (χ3n) is 3.73. The fourth-order valence-electron chi connectivity index (χ4n) is 2.63. The number of rotatable bonds is 2. The van der Waals surface area contributed by atoms with E-state index in [1.54, 1.807) is 12.1 Å². The topological polar surface area (TPSA) is 21.3 Å². The van der Waals surface area contributed by atoms with Crippen molar-refractivity contribution in [1.82, 2.24) is 5.32 Å². The standard InChI is InChI=1S/C16H14BrClFNO/c1-20-14-8-15(9-2-5-13(19)12(18)6-9)21-16-7-10(17)3-4-11(14)16/h2-7,14-15,20H,8H2,1H3. The number of ether oxygens (including phenoxy) is 1. The minimum absolute atomic E-state index is 0.122. The summed E-state index contributed by atoms with van der Waals surface area (Å²) in [5.41, 5.74) is 2.01. The van der Waals surface area contributed by atoms with Crippen LogP contribution in [0.3, 0.4) is 0 Å². The van der Waals surface area contributed by atoms with E-state index in [0.717, 1.165) is 27.8 Å². The molecule has 0 amide bonds. The molecule has 2 aromatic carbocycles. The molecule has 0 radical (unpaired) electrons. The zero-order valence-electron chi connectivity index (χ0n) is 11.4. The summed E-state index contributed by atoms with van der Waals surface area (Å²) in [5.74, 6) is 0.421.